The topological polar surface area (TPSA) is 76.7 Å². The normalized spacial score (nSPS) is 11.8. The van der Waals surface area contributed by atoms with Gasteiger partial charge in [-0.2, -0.15) is 0 Å². The third kappa shape index (κ3) is 6.95. The zero-order valence-electron chi connectivity index (χ0n) is 18.7. The molecule has 0 aromatic heterocycles. The minimum absolute atomic E-state index is 0.358. The summed E-state index contributed by atoms with van der Waals surface area (Å²) in [7, 11) is 3.02. The van der Waals surface area contributed by atoms with Gasteiger partial charge in [0.2, 0.25) is 0 Å². The fourth-order valence-electron chi connectivity index (χ4n) is 2.76. The molecule has 2 N–H and O–H groups in total. The van der Waals surface area contributed by atoms with Crippen LogP contribution in [0.3, 0.4) is 0 Å². The molecule has 0 saturated carbocycles. The second-order valence-electron chi connectivity index (χ2n) is 7.56. The zero-order chi connectivity index (χ0) is 22.9. The summed E-state index contributed by atoms with van der Waals surface area (Å²) in [5.74, 6) is 5.34. The van der Waals surface area contributed by atoms with E-state index < -0.39 is 17.6 Å². The summed E-state index contributed by atoms with van der Waals surface area (Å²) in [5, 5.41) is 5.78. The monoisotopic (exact) mass is 422 g/mol. The molecule has 0 saturated heterocycles. The molecule has 164 valence electrons. The highest BCUT2D eigenvalue weighted by molar-refractivity contribution is 5.97. The van der Waals surface area contributed by atoms with Gasteiger partial charge in [-0.05, 0) is 69.8 Å². The first kappa shape index (κ1) is 24.1. The first-order valence-corrected chi connectivity index (χ1v) is 10.2. The van der Waals surface area contributed by atoms with E-state index in [1.165, 1.54) is 7.11 Å². The first-order valence-electron chi connectivity index (χ1n) is 10.2. The van der Waals surface area contributed by atoms with E-state index in [9.17, 15) is 9.59 Å². The first-order chi connectivity index (χ1) is 14.8. The molecule has 6 nitrogen and oxygen atoms in total. The van der Waals surface area contributed by atoms with Crippen LogP contribution in [0.25, 0.3) is 0 Å². The molecular formula is C25H30N2O4. The van der Waals surface area contributed by atoms with Crippen LogP contribution in [0.5, 0.6) is 0 Å². The van der Waals surface area contributed by atoms with Crippen LogP contribution >= 0.6 is 0 Å². The van der Waals surface area contributed by atoms with E-state index in [0.29, 0.717) is 18.8 Å². The quantitative estimate of drug-likeness (QED) is 0.505. The minimum Gasteiger partial charge on any atom is -0.467 e. The van der Waals surface area contributed by atoms with Crippen LogP contribution in [-0.4, -0.2) is 44.2 Å². The predicted molar refractivity (Wildman–Crippen MR) is 121 cm³/mol. The molecule has 6 heteroatoms. The van der Waals surface area contributed by atoms with Crippen LogP contribution in [0.2, 0.25) is 0 Å². The highest BCUT2D eigenvalue weighted by atomic mass is 16.5. The Morgan fingerprint density at radius 3 is 2.03 bits per heavy atom. The summed E-state index contributed by atoms with van der Waals surface area (Å²) in [6.07, 6.45) is 0. The minimum atomic E-state index is -0.833. The van der Waals surface area contributed by atoms with Crippen LogP contribution in [0.15, 0.2) is 48.5 Å². The molecule has 0 aliphatic heterocycles. The maximum absolute atomic E-state index is 12.6. The van der Waals surface area contributed by atoms with Gasteiger partial charge in [0.05, 0.1) is 13.7 Å². The smallest absolute Gasteiger partial charge is 0.330 e. The van der Waals surface area contributed by atoms with Gasteiger partial charge in [0.25, 0.3) is 5.91 Å². The van der Waals surface area contributed by atoms with Crippen LogP contribution < -0.4 is 10.6 Å². The number of nitrogens with one attached hydrogen (secondary N) is 2. The molecule has 1 atom stereocenters. The fraction of sp³-hybridized carbons (Fsp3) is 0.360. The maximum atomic E-state index is 12.6. The number of hydrogen-bond donors (Lipinski definition) is 2. The van der Waals surface area contributed by atoms with Crippen molar-refractivity contribution in [2.45, 2.75) is 39.0 Å². The van der Waals surface area contributed by atoms with Crippen molar-refractivity contribution in [2.24, 2.45) is 0 Å². The van der Waals surface area contributed by atoms with Crippen LogP contribution in [-0.2, 0) is 20.9 Å². The van der Waals surface area contributed by atoms with Crippen molar-refractivity contribution >= 4 is 11.9 Å². The number of benzene rings is 2. The summed E-state index contributed by atoms with van der Waals surface area (Å²) in [4.78, 5) is 24.8. The van der Waals surface area contributed by atoms with Crippen molar-refractivity contribution in [3.05, 3.63) is 70.8 Å². The number of ether oxygens (including phenoxy) is 2. The number of rotatable bonds is 8. The molecule has 2 aromatic carbocycles. The summed E-state index contributed by atoms with van der Waals surface area (Å²) in [6.45, 7) is 6.88. The van der Waals surface area contributed by atoms with Gasteiger partial charge in [0.1, 0.15) is 6.04 Å². The molecule has 0 aliphatic carbocycles. The highest BCUT2D eigenvalue weighted by Crippen LogP contribution is 2.12. The number of carbonyl (C=O) groups is 2. The van der Waals surface area contributed by atoms with Crippen molar-refractivity contribution in [1.29, 1.82) is 0 Å². The second-order valence-corrected chi connectivity index (χ2v) is 7.56. The molecule has 0 heterocycles. The molecular weight excluding hydrogens is 392 g/mol. The predicted octanol–water partition coefficient (Wildman–Crippen LogP) is 2.89. The van der Waals surface area contributed by atoms with Gasteiger partial charge in [0, 0.05) is 28.8 Å². The van der Waals surface area contributed by atoms with Crippen LogP contribution in [0.4, 0.5) is 0 Å². The summed E-state index contributed by atoms with van der Waals surface area (Å²) in [5.41, 5.74) is 2.56. The Kier molecular flexibility index (Phi) is 8.80. The van der Waals surface area contributed by atoms with Gasteiger partial charge in [-0.1, -0.05) is 24.0 Å². The summed E-state index contributed by atoms with van der Waals surface area (Å²) >= 11 is 0. The largest absolute Gasteiger partial charge is 0.467 e. The Morgan fingerprint density at radius 1 is 1.00 bits per heavy atom. The van der Waals surface area contributed by atoms with Gasteiger partial charge in [0.15, 0.2) is 0 Å². The molecule has 0 bridgehead atoms. The van der Waals surface area contributed by atoms with Gasteiger partial charge in [-0.25, -0.2) is 4.79 Å². The van der Waals surface area contributed by atoms with Crippen molar-refractivity contribution in [3.63, 3.8) is 0 Å². The molecule has 0 aliphatic rings. The van der Waals surface area contributed by atoms with Crippen LogP contribution in [0.1, 0.15) is 47.8 Å². The van der Waals surface area contributed by atoms with Crippen molar-refractivity contribution in [1.82, 2.24) is 10.6 Å². The Bertz CT molecular complexity index is 938. The number of carbonyl (C=O) groups excluding carboxylic acids is 2. The lowest BCUT2D eigenvalue weighted by Gasteiger charge is -2.32. The Morgan fingerprint density at radius 2 is 1.55 bits per heavy atom. The average molecular weight is 423 g/mol. The van der Waals surface area contributed by atoms with E-state index >= 15 is 0 Å². The van der Waals surface area contributed by atoms with Gasteiger partial charge < -0.3 is 20.1 Å². The fourth-order valence-corrected chi connectivity index (χ4v) is 2.76. The van der Waals surface area contributed by atoms with Crippen LogP contribution in [0, 0.1) is 11.8 Å². The highest BCUT2D eigenvalue weighted by Gasteiger charge is 2.36. The van der Waals surface area contributed by atoms with E-state index in [4.69, 9.17) is 9.47 Å². The molecule has 0 unspecified atom stereocenters. The van der Waals surface area contributed by atoms with E-state index in [0.717, 1.165) is 16.7 Å². The lowest BCUT2D eigenvalue weighted by atomic mass is 9.94. The number of hydrogen-bond acceptors (Lipinski definition) is 5. The van der Waals surface area contributed by atoms with E-state index in [-0.39, 0.29) is 5.91 Å². The molecule has 0 radical (unpaired) electrons. The van der Waals surface area contributed by atoms with E-state index in [1.54, 1.807) is 31.3 Å². The zero-order valence-corrected chi connectivity index (χ0v) is 18.7. The second kappa shape index (κ2) is 11.3. The molecule has 31 heavy (non-hydrogen) atoms. The van der Waals surface area contributed by atoms with E-state index in [2.05, 4.69) is 22.5 Å². The number of esters is 1. The van der Waals surface area contributed by atoms with Gasteiger partial charge >= 0.3 is 5.97 Å². The molecule has 2 rings (SSSR count). The standard InChI is InChI=1S/C25H30N2O4/c1-6-31-17-20-11-9-18(10-12-20)7-8-19-13-15-21(16-14-19)23(28)27-22(24(29)30-5)25(2,3)26-4/h9-16,22,26H,6,17H2,1-5H3,(H,27,28)/t22-/m1/s1. The Balaban J connectivity index is 2.07. The maximum Gasteiger partial charge on any atom is 0.330 e. The summed E-state index contributed by atoms with van der Waals surface area (Å²) < 4.78 is 10.2. The molecule has 2 aromatic rings. The Labute approximate surface area is 184 Å². The third-order valence-corrected chi connectivity index (χ3v) is 5.00. The lowest BCUT2D eigenvalue weighted by molar-refractivity contribution is -0.144. The van der Waals surface area contributed by atoms with Gasteiger partial charge in [-0.3, -0.25) is 4.79 Å². The van der Waals surface area contributed by atoms with Crippen molar-refractivity contribution in [3.8, 4) is 11.8 Å². The number of methoxy groups -OCH3 is 1. The van der Waals surface area contributed by atoms with E-state index in [1.807, 2.05) is 45.0 Å². The SMILES string of the molecule is CCOCc1ccc(C#Cc2ccc(C(=O)N[C@H](C(=O)OC)C(C)(C)NC)cc2)cc1. The molecule has 0 spiro atoms. The Hall–Kier alpha value is -3.14. The molecule has 1 amide bonds. The molecule has 0 fully saturated rings. The number of likely N-dealkylation sites (N-methyl/N-ethyl adjacent to an activating group) is 1. The van der Waals surface area contributed by atoms with Crippen molar-refractivity contribution < 1.29 is 19.1 Å². The lowest BCUT2D eigenvalue weighted by Crippen LogP contribution is -2.60. The average Bonchev–Trinajstić information content (AvgIpc) is 2.80. The number of amides is 1. The summed E-state index contributed by atoms with van der Waals surface area (Å²) in [6, 6.07) is 14.0. The van der Waals surface area contributed by atoms with Crippen molar-refractivity contribution in [2.75, 3.05) is 20.8 Å². The third-order valence-electron chi connectivity index (χ3n) is 5.00. The van der Waals surface area contributed by atoms with Gasteiger partial charge in [-0.15, -0.1) is 0 Å².